The molecule has 0 aliphatic rings. The van der Waals surface area contributed by atoms with Gasteiger partial charge < -0.3 is 0 Å². The van der Waals surface area contributed by atoms with E-state index < -0.39 is 45.9 Å². The molecule has 1 nitrogen and oxygen atoms in total. The molecule has 0 aliphatic carbocycles. The SMILES string of the molecule is N#CC(Br)Cc1c(F)c(F)c(F)c(F)c1F. The van der Waals surface area contributed by atoms with Crippen LogP contribution in [0.4, 0.5) is 22.0 Å². The molecule has 1 aromatic rings. The third-order valence-corrected chi connectivity index (χ3v) is 2.35. The summed E-state index contributed by atoms with van der Waals surface area (Å²) in [5.74, 6) is -10.0. The number of hydrogen-bond donors (Lipinski definition) is 0. The highest BCUT2D eigenvalue weighted by Crippen LogP contribution is 2.25. The van der Waals surface area contributed by atoms with Gasteiger partial charge in [-0.05, 0) is 0 Å². The van der Waals surface area contributed by atoms with Crippen LogP contribution in [0.2, 0.25) is 0 Å². The predicted molar refractivity (Wildman–Crippen MR) is 48.3 cm³/mol. The largest absolute Gasteiger partial charge is 0.203 e. The number of hydrogen-bond acceptors (Lipinski definition) is 1. The second kappa shape index (κ2) is 4.78. The molecule has 0 saturated heterocycles. The molecule has 0 spiro atoms. The average molecular weight is 300 g/mol. The molecule has 16 heavy (non-hydrogen) atoms. The summed E-state index contributed by atoms with van der Waals surface area (Å²) in [7, 11) is 0. The van der Waals surface area contributed by atoms with Gasteiger partial charge in [-0.2, -0.15) is 5.26 Å². The standard InChI is InChI=1S/C9H3BrF5N/c10-3(2-16)1-4-5(11)7(13)9(15)8(14)6(4)12/h3H,1H2. The quantitative estimate of drug-likeness (QED) is 0.356. The molecule has 0 fully saturated rings. The lowest BCUT2D eigenvalue weighted by atomic mass is 10.1. The molecule has 1 unspecified atom stereocenters. The van der Waals surface area contributed by atoms with E-state index in [1.807, 2.05) is 0 Å². The van der Waals surface area contributed by atoms with Crippen molar-refractivity contribution >= 4 is 15.9 Å². The summed E-state index contributed by atoms with van der Waals surface area (Å²) >= 11 is 2.72. The fourth-order valence-electron chi connectivity index (χ4n) is 1.05. The van der Waals surface area contributed by atoms with Crippen molar-refractivity contribution in [3.63, 3.8) is 0 Å². The molecule has 7 heteroatoms. The molecule has 0 aromatic heterocycles. The molecule has 0 saturated carbocycles. The molecule has 0 amide bonds. The summed E-state index contributed by atoms with van der Waals surface area (Å²) in [6.45, 7) is 0. The lowest BCUT2D eigenvalue weighted by Gasteiger charge is -2.08. The Bertz CT molecular complexity index is 439. The van der Waals surface area contributed by atoms with Gasteiger partial charge in [0.05, 0.1) is 6.07 Å². The zero-order valence-corrected chi connectivity index (χ0v) is 9.09. The monoisotopic (exact) mass is 299 g/mol. The molecule has 1 rings (SSSR count). The summed E-state index contributed by atoms with van der Waals surface area (Å²) in [5.41, 5.74) is -1.00. The van der Waals surface area contributed by atoms with Crippen LogP contribution in [-0.4, -0.2) is 4.83 Å². The molecule has 0 aliphatic heterocycles. The van der Waals surface area contributed by atoms with E-state index in [0.29, 0.717) is 0 Å². The fraction of sp³-hybridized carbons (Fsp3) is 0.222. The van der Waals surface area contributed by atoms with Crippen molar-refractivity contribution in [3.8, 4) is 6.07 Å². The molecule has 0 heterocycles. The van der Waals surface area contributed by atoms with Crippen molar-refractivity contribution in [2.24, 2.45) is 0 Å². The fourth-order valence-corrected chi connectivity index (χ4v) is 1.38. The van der Waals surface area contributed by atoms with E-state index in [1.165, 1.54) is 0 Å². The molecule has 86 valence electrons. The maximum atomic E-state index is 13.0. The minimum absolute atomic E-state index is 0.609. The third kappa shape index (κ3) is 2.16. The second-order valence-corrected chi connectivity index (χ2v) is 3.95. The first-order valence-electron chi connectivity index (χ1n) is 3.94. The van der Waals surface area contributed by atoms with Gasteiger partial charge in [-0.1, -0.05) is 15.9 Å². The molecule has 1 atom stereocenters. The minimum Gasteiger partial charge on any atom is -0.203 e. The molecule has 0 N–H and O–H groups in total. The maximum Gasteiger partial charge on any atom is 0.200 e. The molecular weight excluding hydrogens is 297 g/mol. The Labute approximate surface area is 95.6 Å². The lowest BCUT2D eigenvalue weighted by Crippen LogP contribution is -2.11. The van der Waals surface area contributed by atoms with Gasteiger partial charge in [-0.25, -0.2) is 22.0 Å². The van der Waals surface area contributed by atoms with Crippen LogP contribution in [0.25, 0.3) is 0 Å². The smallest absolute Gasteiger partial charge is 0.200 e. The zero-order valence-electron chi connectivity index (χ0n) is 7.50. The Morgan fingerprint density at radius 3 is 1.69 bits per heavy atom. The number of benzene rings is 1. The van der Waals surface area contributed by atoms with Crippen molar-refractivity contribution in [1.82, 2.24) is 0 Å². The molecule has 0 bridgehead atoms. The predicted octanol–water partition coefficient (Wildman–Crippen LogP) is 3.21. The number of nitriles is 1. The highest BCUT2D eigenvalue weighted by Gasteiger charge is 2.26. The van der Waals surface area contributed by atoms with Crippen molar-refractivity contribution in [1.29, 1.82) is 5.26 Å². The van der Waals surface area contributed by atoms with Gasteiger partial charge in [0.2, 0.25) is 5.82 Å². The number of nitrogens with zero attached hydrogens (tertiary/aromatic N) is 1. The average Bonchev–Trinajstić information content (AvgIpc) is 2.29. The Balaban J connectivity index is 3.35. The van der Waals surface area contributed by atoms with Gasteiger partial charge in [-0.3, -0.25) is 0 Å². The maximum absolute atomic E-state index is 13.0. The summed E-state index contributed by atoms with van der Waals surface area (Å²) in [4.78, 5) is -1.03. The highest BCUT2D eigenvalue weighted by molar-refractivity contribution is 9.09. The van der Waals surface area contributed by atoms with Crippen LogP contribution in [0.3, 0.4) is 0 Å². The Kier molecular flexibility index (Phi) is 3.86. The van der Waals surface area contributed by atoms with Crippen molar-refractivity contribution < 1.29 is 22.0 Å². The Morgan fingerprint density at radius 1 is 0.938 bits per heavy atom. The van der Waals surface area contributed by atoms with Crippen LogP contribution in [0, 0.1) is 40.4 Å². The van der Waals surface area contributed by atoms with E-state index in [0.717, 1.165) is 0 Å². The summed E-state index contributed by atoms with van der Waals surface area (Å²) in [6.07, 6.45) is -0.609. The van der Waals surface area contributed by atoms with Crippen molar-refractivity contribution in [2.75, 3.05) is 0 Å². The topological polar surface area (TPSA) is 23.8 Å². The van der Waals surface area contributed by atoms with Crippen LogP contribution in [0.15, 0.2) is 0 Å². The summed E-state index contributed by atoms with van der Waals surface area (Å²) < 4.78 is 64.1. The lowest BCUT2D eigenvalue weighted by molar-refractivity contribution is 0.370. The van der Waals surface area contributed by atoms with Gasteiger partial charge in [0.25, 0.3) is 0 Å². The number of alkyl halides is 1. The number of rotatable bonds is 2. The van der Waals surface area contributed by atoms with Crippen LogP contribution in [0.5, 0.6) is 0 Å². The molecular formula is C9H3BrF5N. The normalized spacial score (nSPS) is 12.3. The second-order valence-electron chi connectivity index (χ2n) is 2.85. The Morgan fingerprint density at radius 2 is 1.31 bits per heavy atom. The van der Waals surface area contributed by atoms with Crippen molar-refractivity contribution in [3.05, 3.63) is 34.6 Å². The van der Waals surface area contributed by atoms with Gasteiger partial charge in [-0.15, -0.1) is 0 Å². The van der Waals surface area contributed by atoms with Gasteiger partial charge in [0.1, 0.15) is 4.83 Å². The molecule has 1 aromatic carbocycles. The van der Waals surface area contributed by atoms with E-state index in [2.05, 4.69) is 15.9 Å². The van der Waals surface area contributed by atoms with E-state index in [9.17, 15) is 22.0 Å². The zero-order chi connectivity index (χ0) is 12.5. The Hall–Kier alpha value is -1.16. The van der Waals surface area contributed by atoms with E-state index in [4.69, 9.17) is 5.26 Å². The van der Waals surface area contributed by atoms with Gasteiger partial charge in [0.15, 0.2) is 23.3 Å². The van der Waals surface area contributed by atoms with Crippen molar-refractivity contribution in [2.45, 2.75) is 11.2 Å². The van der Waals surface area contributed by atoms with Gasteiger partial charge >= 0.3 is 0 Å². The van der Waals surface area contributed by atoms with E-state index in [1.54, 1.807) is 6.07 Å². The minimum atomic E-state index is -2.21. The summed E-state index contributed by atoms with van der Waals surface area (Å²) in [5, 5.41) is 8.37. The van der Waals surface area contributed by atoms with E-state index >= 15 is 0 Å². The number of halogens is 6. The summed E-state index contributed by atoms with van der Waals surface area (Å²) in [6, 6.07) is 1.57. The van der Waals surface area contributed by atoms with Crippen LogP contribution < -0.4 is 0 Å². The van der Waals surface area contributed by atoms with Crippen LogP contribution >= 0.6 is 15.9 Å². The molecule has 0 radical (unpaired) electrons. The first kappa shape index (κ1) is 12.9. The highest BCUT2D eigenvalue weighted by atomic mass is 79.9. The van der Waals surface area contributed by atoms with E-state index in [-0.39, 0.29) is 0 Å². The van der Waals surface area contributed by atoms with Gasteiger partial charge in [0, 0.05) is 12.0 Å². The first-order chi connectivity index (χ1) is 7.40. The first-order valence-corrected chi connectivity index (χ1v) is 4.85. The van der Waals surface area contributed by atoms with Crippen LogP contribution in [0.1, 0.15) is 5.56 Å². The van der Waals surface area contributed by atoms with Crippen LogP contribution in [-0.2, 0) is 6.42 Å². The third-order valence-electron chi connectivity index (χ3n) is 1.82.